The van der Waals surface area contributed by atoms with Crippen LogP contribution < -0.4 is 9.47 Å². The van der Waals surface area contributed by atoms with Crippen LogP contribution in [0.5, 0.6) is 11.5 Å². The SMILES string of the molecule is COc1ccc(C(OCc2c(Cl)c(Cl)c(Cl)c(Cl)c2C(C)=O)(c2ccccc2)c2ccc(OC)cc2)cc1. The minimum atomic E-state index is -1.13. The summed E-state index contributed by atoms with van der Waals surface area (Å²) in [6.07, 6.45) is 0. The highest BCUT2D eigenvalue weighted by Crippen LogP contribution is 2.46. The summed E-state index contributed by atoms with van der Waals surface area (Å²) in [7, 11) is 3.22. The molecule has 0 aliphatic rings. The van der Waals surface area contributed by atoms with Gasteiger partial charge in [-0.05, 0) is 47.9 Å². The van der Waals surface area contributed by atoms with Crippen molar-refractivity contribution in [2.24, 2.45) is 0 Å². The molecule has 0 bridgehead atoms. The van der Waals surface area contributed by atoms with Crippen LogP contribution in [0.15, 0.2) is 78.9 Å². The summed E-state index contributed by atoms with van der Waals surface area (Å²) in [6.45, 7) is 1.29. The molecular weight excluding hydrogens is 566 g/mol. The number of carbonyl (C=O) groups excluding carboxylic acids is 1. The number of Topliss-reactive ketones (excluding diaryl/α,β-unsaturated/α-hetero) is 1. The highest BCUT2D eigenvalue weighted by Gasteiger charge is 2.39. The maximum absolute atomic E-state index is 12.7. The van der Waals surface area contributed by atoms with Crippen LogP contribution in [0.4, 0.5) is 0 Å². The third-order valence-electron chi connectivity index (χ3n) is 6.32. The number of benzene rings is 4. The van der Waals surface area contributed by atoms with Gasteiger partial charge >= 0.3 is 0 Å². The topological polar surface area (TPSA) is 44.8 Å². The predicted octanol–water partition coefficient (Wildman–Crippen LogP) is 9.03. The van der Waals surface area contributed by atoms with Gasteiger partial charge in [-0.15, -0.1) is 0 Å². The van der Waals surface area contributed by atoms with Crippen molar-refractivity contribution in [2.75, 3.05) is 14.2 Å². The molecule has 196 valence electrons. The van der Waals surface area contributed by atoms with Crippen LogP contribution >= 0.6 is 46.4 Å². The Bertz CT molecular complexity index is 1390. The zero-order valence-electron chi connectivity index (χ0n) is 20.9. The Labute approximate surface area is 242 Å². The second kappa shape index (κ2) is 12.0. The predicted molar refractivity (Wildman–Crippen MR) is 154 cm³/mol. The van der Waals surface area contributed by atoms with Gasteiger partial charge in [-0.3, -0.25) is 4.79 Å². The van der Waals surface area contributed by atoms with E-state index in [-0.39, 0.29) is 38.0 Å². The molecular formula is C30H24Cl4O4. The number of carbonyl (C=O) groups is 1. The zero-order valence-corrected chi connectivity index (χ0v) is 23.9. The molecule has 0 radical (unpaired) electrons. The maximum atomic E-state index is 12.7. The van der Waals surface area contributed by atoms with E-state index in [0.29, 0.717) is 17.1 Å². The largest absolute Gasteiger partial charge is 0.497 e. The molecule has 8 heteroatoms. The molecule has 0 saturated heterocycles. The van der Waals surface area contributed by atoms with Crippen LogP contribution in [-0.2, 0) is 16.9 Å². The monoisotopic (exact) mass is 588 g/mol. The molecule has 4 aromatic carbocycles. The fraction of sp³-hybridized carbons (Fsp3) is 0.167. The van der Waals surface area contributed by atoms with E-state index < -0.39 is 5.60 Å². The molecule has 38 heavy (non-hydrogen) atoms. The second-order valence-electron chi connectivity index (χ2n) is 8.46. The van der Waals surface area contributed by atoms with E-state index >= 15 is 0 Å². The van der Waals surface area contributed by atoms with Crippen molar-refractivity contribution < 1.29 is 19.0 Å². The Balaban J connectivity index is 1.98. The average molecular weight is 590 g/mol. The molecule has 0 fully saturated rings. The lowest BCUT2D eigenvalue weighted by molar-refractivity contribution is -0.0000330. The highest BCUT2D eigenvalue weighted by atomic mass is 35.5. The van der Waals surface area contributed by atoms with E-state index in [1.807, 2.05) is 78.9 Å². The third kappa shape index (κ3) is 5.25. The smallest absolute Gasteiger partial charge is 0.161 e. The van der Waals surface area contributed by atoms with Crippen LogP contribution in [0, 0.1) is 0 Å². The van der Waals surface area contributed by atoms with Gasteiger partial charge in [0.25, 0.3) is 0 Å². The van der Waals surface area contributed by atoms with Gasteiger partial charge in [0.1, 0.15) is 17.1 Å². The van der Waals surface area contributed by atoms with E-state index in [9.17, 15) is 4.79 Å². The molecule has 4 rings (SSSR count). The minimum absolute atomic E-state index is 0.0203. The molecule has 0 aliphatic heterocycles. The van der Waals surface area contributed by atoms with Crippen molar-refractivity contribution >= 4 is 52.2 Å². The van der Waals surface area contributed by atoms with Gasteiger partial charge in [0.15, 0.2) is 5.78 Å². The van der Waals surface area contributed by atoms with Gasteiger partial charge in [0, 0.05) is 11.1 Å². The molecule has 0 atom stereocenters. The number of hydrogen-bond acceptors (Lipinski definition) is 4. The van der Waals surface area contributed by atoms with Gasteiger partial charge in [-0.1, -0.05) is 101 Å². The first-order chi connectivity index (χ1) is 18.2. The van der Waals surface area contributed by atoms with Crippen molar-refractivity contribution in [1.82, 2.24) is 0 Å². The van der Waals surface area contributed by atoms with Crippen molar-refractivity contribution in [2.45, 2.75) is 19.1 Å². The van der Waals surface area contributed by atoms with Crippen LogP contribution in [0.1, 0.15) is 39.5 Å². The first-order valence-electron chi connectivity index (χ1n) is 11.6. The zero-order chi connectivity index (χ0) is 27.4. The summed E-state index contributed by atoms with van der Waals surface area (Å²) in [5, 5.41) is 0.220. The Hall–Kier alpha value is -2.73. The summed E-state index contributed by atoms with van der Waals surface area (Å²) in [5.41, 5.74) is 1.87. The van der Waals surface area contributed by atoms with Gasteiger partial charge in [0.05, 0.1) is 40.9 Å². The molecule has 0 amide bonds. The summed E-state index contributed by atoms with van der Waals surface area (Å²) < 4.78 is 17.7. The first-order valence-corrected chi connectivity index (χ1v) is 13.1. The van der Waals surface area contributed by atoms with Crippen molar-refractivity contribution in [3.63, 3.8) is 0 Å². The van der Waals surface area contributed by atoms with E-state index in [4.69, 9.17) is 60.6 Å². The Morgan fingerprint density at radius 1 is 0.658 bits per heavy atom. The summed E-state index contributed by atoms with van der Waals surface area (Å²) in [6, 6.07) is 25.0. The molecule has 0 heterocycles. The molecule has 0 spiro atoms. The first kappa shape index (κ1) is 28.3. The van der Waals surface area contributed by atoms with E-state index in [1.165, 1.54) is 6.92 Å². The quantitative estimate of drug-likeness (QED) is 0.0845. The normalized spacial score (nSPS) is 11.3. The molecule has 0 aliphatic carbocycles. The maximum Gasteiger partial charge on any atom is 0.161 e. The summed E-state index contributed by atoms with van der Waals surface area (Å²) >= 11 is 25.7. The standard InChI is InChI=1S/C30H24Cl4O4/c1-18(35)25-24(26(31)28(33)29(34)27(25)32)17-38-30(19-7-5-4-6-8-19,20-9-13-22(36-2)14-10-20)21-11-15-23(37-3)16-12-21/h4-16H,17H2,1-3H3. The van der Waals surface area contributed by atoms with Crippen molar-refractivity contribution in [3.8, 4) is 11.5 Å². The number of ether oxygens (including phenoxy) is 3. The average Bonchev–Trinajstić information content (AvgIpc) is 2.95. The molecule has 0 aromatic heterocycles. The number of rotatable bonds is 9. The van der Waals surface area contributed by atoms with Gasteiger partial charge in [0.2, 0.25) is 0 Å². The number of halogens is 4. The second-order valence-corrected chi connectivity index (χ2v) is 9.97. The van der Waals surface area contributed by atoms with E-state index in [0.717, 1.165) is 16.7 Å². The number of methoxy groups -OCH3 is 2. The molecule has 0 N–H and O–H groups in total. The molecule has 0 saturated carbocycles. The Morgan fingerprint density at radius 3 is 1.55 bits per heavy atom. The lowest BCUT2D eigenvalue weighted by Gasteiger charge is -2.36. The molecule has 0 unspecified atom stereocenters. The highest BCUT2D eigenvalue weighted by molar-refractivity contribution is 6.53. The third-order valence-corrected chi connectivity index (χ3v) is 8.16. The van der Waals surface area contributed by atoms with Crippen LogP contribution in [0.3, 0.4) is 0 Å². The number of hydrogen-bond donors (Lipinski definition) is 0. The molecule has 4 nitrogen and oxygen atoms in total. The Morgan fingerprint density at radius 2 is 1.11 bits per heavy atom. The van der Waals surface area contributed by atoms with Gasteiger partial charge in [-0.2, -0.15) is 0 Å². The van der Waals surface area contributed by atoms with E-state index in [2.05, 4.69) is 0 Å². The fourth-order valence-corrected chi connectivity index (χ4v) is 5.51. The van der Waals surface area contributed by atoms with Crippen LogP contribution in [-0.4, -0.2) is 20.0 Å². The fourth-order valence-electron chi connectivity index (χ4n) is 4.43. The van der Waals surface area contributed by atoms with Gasteiger partial charge < -0.3 is 14.2 Å². The van der Waals surface area contributed by atoms with Crippen LogP contribution in [0.25, 0.3) is 0 Å². The minimum Gasteiger partial charge on any atom is -0.497 e. The van der Waals surface area contributed by atoms with Gasteiger partial charge in [-0.25, -0.2) is 0 Å². The van der Waals surface area contributed by atoms with Crippen molar-refractivity contribution in [1.29, 1.82) is 0 Å². The Kier molecular flexibility index (Phi) is 8.92. The summed E-state index contributed by atoms with van der Waals surface area (Å²) in [5.74, 6) is 1.08. The van der Waals surface area contributed by atoms with Crippen molar-refractivity contribution in [3.05, 3.63) is 127 Å². The lowest BCUT2D eigenvalue weighted by Crippen LogP contribution is -2.33. The van der Waals surface area contributed by atoms with E-state index in [1.54, 1.807) is 14.2 Å². The number of ketones is 1. The lowest BCUT2D eigenvalue weighted by atomic mass is 9.80. The summed E-state index contributed by atoms with van der Waals surface area (Å²) in [4.78, 5) is 12.7. The molecule has 4 aromatic rings. The van der Waals surface area contributed by atoms with Crippen LogP contribution in [0.2, 0.25) is 20.1 Å².